The third kappa shape index (κ3) is 4.41. The van der Waals surface area contributed by atoms with E-state index >= 15 is 0 Å². The summed E-state index contributed by atoms with van der Waals surface area (Å²) in [4.78, 5) is 9.20. The Hall–Kier alpha value is -4.68. The zero-order valence-electron chi connectivity index (χ0n) is 15.9. The van der Waals surface area contributed by atoms with Crippen molar-refractivity contribution in [3.05, 3.63) is 96.1 Å². The van der Waals surface area contributed by atoms with Gasteiger partial charge in [-0.3, -0.25) is 0 Å². The van der Waals surface area contributed by atoms with Gasteiger partial charge in [-0.2, -0.15) is 15.5 Å². The molecule has 0 atom stereocenters. The summed E-state index contributed by atoms with van der Waals surface area (Å²) >= 11 is 0. The van der Waals surface area contributed by atoms with E-state index in [9.17, 15) is 0 Å². The van der Waals surface area contributed by atoms with Crippen molar-refractivity contribution in [1.82, 2.24) is 9.97 Å². The second-order valence-corrected chi connectivity index (χ2v) is 6.46. The number of aromatic nitrogens is 2. The van der Waals surface area contributed by atoms with Gasteiger partial charge in [-0.05, 0) is 42.5 Å². The predicted molar refractivity (Wildman–Crippen MR) is 116 cm³/mol. The molecule has 142 valence electrons. The maximum Gasteiger partial charge on any atom is 0.229 e. The van der Waals surface area contributed by atoms with E-state index < -0.39 is 0 Å². The third-order valence-electron chi connectivity index (χ3n) is 4.33. The quantitative estimate of drug-likeness (QED) is 0.477. The number of benzene rings is 3. The fraction of sp³-hybridized carbons (Fsp3) is 0. The lowest BCUT2D eigenvalue weighted by molar-refractivity contribution is 1.17. The molecule has 1 aromatic heterocycles. The first-order valence-electron chi connectivity index (χ1n) is 9.22. The molecule has 6 nitrogen and oxygen atoms in total. The van der Waals surface area contributed by atoms with Crippen LogP contribution in [0, 0.1) is 22.7 Å². The van der Waals surface area contributed by atoms with Gasteiger partial charge in [0, 0.05) is 23.0 Å². The Kier molecular flexibility index (Phi) is 5.32. The fourth-order valence-corrected chi connectivity index (χ4v) is 2.90. The SMILES string of the molecule is N#Cc1ccc(Nc2cc(-c3ccccc3)nc(Nc3cccc(C#N)c3)n2)cc1. The van der Waals surface area contributed by atoms with Crippen LogP contribution in [0.4, 0.5) is 23.1 Å². The van der Waals surface area contributed by atoms with Crippen LogP contribution < -0.4 is 10.6 Å². The van der Waals surface area contributed by atoms with E-state index in [0.717, 1.165) is 22.6 Å². The third-order valence-corrected chi connectivity index (χ3v) is 4.33. The summed E-state index contributed by atoms with van der Waals surface area (Å²) in [6.45, 7) is 0. The monoisotopic (exact) mass is 388 g/mol. The number of anilines is 4. The van der Waals surface area contributed by atoms with Crippen molar-refractivity contribution in [3.63, 3.8) is 0 Å². The van der Waals surface area contributed by atoms with Crippen LogP contribution in [0.1, 0.15) is 11.1 Å². The predicted octanol–water partition coefficient (Wildman–Crippen LogP) is 5.37. The van der Waals surface area contributed by atoms with Crippen molar-refractivity contribution in [2.75, 3.05) is 10.6 Å². The number of hydrogen-bond donors (Lipinski definition) is 2. The van der Waals surface area contributed by atoms with Crippen molar-refractivity contribution < 1.29 is 0 Å². The standard InChI is InChI=1S/C24H16N6/c25-15-17-9-11-20(12-10-17)27-23-14-22(19-6-2-1-3-7-19)29-24(30-23)28-21-8-4-5-18(13-21)16-26/h1-14H,(H2,27,28,29,30). The lowest BCUT2D eigenvalue weighted by Gasteiger charge is -2.12. The first-order valence-corrected chi connectivity index (χ1v) is 9.22. The van der Waals surface area contributed by atoms with Crippen molar-refractivity contribution >= 4 is 23.1 Å². The topological polar surface area (TPSA) is 97.4 Å². The second-order valence-electron chi connectivity index (χ2n) is 6.46. The average Bonchev–Trinajstić information content (AvgIpc) is 2.80. The Morgan fingerprint density at radius 2 is 1.40 bits per heavy atom. The Labute approximate surface area is 174 Å². The van der Waals surface area contributed by atoms with Crippen LogP contribution in [0.25, 0.3) is 11.3 Å². The van der Waals surface area contributed by atoms with Gasteiger partial charge in [-0.15, -0.1) is 0 Å². The largest absolute Gasteiger partial charge is 0.340 e. The molecule has 3 aromatic carbocycles. The first-order chi connectivity index (χ1) is 14.7. The first kappa shape index (κ1) is 18.7. The molecule has 4 aromatic rings. The molecular weight excluding hydrogens is 372 g/mol. The lowest BCUT2D eigenvalue weighted by atomic mass is 10.1. The van der Waals surface area contributed by atoms with E-state index in [4.69, 9.17) is 10.5 Å². The van der Waals surface area contributed by atoms with Crippen LogP contribution in [0.3, 0.4) is 0 Å². The molecule has 0 radical (unpaired) electrons. The molecule has 0 fully saturated rings. The second kappa shape index (κ2) is 8.55. The smallest absolute Gasteiger partial charge is 0.229 e. The van der Waals surface area contributed by atoms with Crippen LogP contribution in [0.2, 0.25) is 0 Å². The van der Waals surface area contributed by atoms with Crippen LogP contribution in [0.15, 0.2) is 84.9 Å². The molecule has 0 bridgehead atoms. The summed E-state index contributed by atoms with van der Waals surface area (Å²) in [5, 5.41) is 24.5. The van der Waals surface area contributed by atoms with Gasteiger partial charge in [0.25, 0.3) is 0 Å². The summed E-state index contributed by atoms with van der Waals surface area (Å²) in [6.07, 6.45) is 0. The number of nitrogens with zero attached hydrogens (tertiary/aromatic N) is 4. The average molecular weight is 388 g/mol. The maximum atomic E-state index is 9.13. The van der Waals surface area contributed by atoms with Crippen LogP contribution >= 0.6 is 0 Å². The van der Waals surface area contributed by atoms with Crippen molar-refractivity contribution in [2.24, 2.45) is 0 Å². The van der Waals surface area contributed by atoms with Gasteiger partial charge in [-0.25, -0.2) is 4.98 Å². The molecule has 2 N–H and O–H groups in total. The van der Waals surface area contributed by atoms with Gasteiger partial charge in [0.05, 0.1) is 29.0 Å². The van der Waals surface area contributed by atoms with Crippen LogP contribution in [-0.2, 0) is 0 Å². The highest BCUT2D eigenvalue weighted by molar-refractivity contribution is 5.69. The van der Waals surface area contributed by atoms with Crippen molar-refractivity contribution in [3.8, 4) is 23.4 Å². The van der Waals surface area contributed by atoms with Gasteiger partial charge in [0.15, 0.2) is 0 Å². The Bertz CT molecular complexity index is 1250. The number of hydrogen-bond acceptors (Lipinski definition) is 6. The molecular formula is C24H16N6. The van der Waals surface area contributed by atoms with E-state index in [0.29, 0.717) is 22.9 Å². The minimum Gasteiger partial charge on any atom is -0.340 e. The van der Waals surface area contributed by atoms with Crippen LogP contribution in [0.5, 0.6) is 0 Å². The molecule has 0 aliphatic carbocycles. The molecule has 4 rings (SSSR count). The lowest BCUT2D eigenvalue weighted by Crippen LogP contribution is -2.02. The van der Waals surface area contributed by atoms with Gasteiger partial charge in [0.2, 0.25) is 5.95 Å². The molecule has 1 heterocycles. The van der Waals surface area contributed by atoms with E-state index in [2.05, 4.69) is 32.7 Å². The zero-order chi connectivity index (χ0) is 20.8. The van der Waals surface area contributed by atoms with Crippen LogP contribution in [-0.4, -0.2) is 9.97 Å². The molecule has 30 heavy (non-hydrogen) atoms. The fourth-order valence-electron chi connectivity index (χ4n) is 2.90. The summed E-state index contributed by atoms with van der Waals surface area (Å²) < 4.78 is 0. The van der Waals surface area contributed by atoms with Crippen molar-refractivity contribution in [2.45, 2.75) is 0 Å². The Balaban J connectivity index is 1.70. The molecule has 0 spiro atoms. The minimum absolute atomic E-state index is 0.405. The number of rotatable bonds is 5. The summed E-state index contributed by atoms with van der Waals surface area (Å²) in [5.41, 5.74) is 4.38. The summed E-state index contributed by atoms with van der Waals surface area (Å²) in [5.74, 6) is 1.01. The molecule has 6 heteroatoms. The molecule has 0 unspecified atom stereocenters. The molecule has 0 aliphatic heterocycles. The van der Waals surface area contributed by atoms with E-state index in [1.54, 1.807) is 30.3 Å². The van der Waals surface area contributed by atoms with Gasteiger partial charge in [0.1, 0.15) is 5.82 Å². The highest BCUT2D eigenvalue weighted by Crippen LogP contribution is 2.25. The number of nitriles is 2. The van der Waals surface area contributed by atoms with Gasteiger partial charge in [-0.1, -0.05) is 36.4 Å². The molecule has 0 amide bonds. The molecule has 0 saturated carbocycles. The maximum absolute atomic E-state index is 9.13. The van der Waals surface area contributed by atoms with Gasteiger partial charge >= 0.3 is 0 Å². The normalized spacial score (nSPS) is 9.93. The Morgan fingerprint density at radius 3 is 2.13 bits per heavy atom. The van der Waals surface area contributed by atoms with E-state index in [1.165, 1.54) is 0 Å². The highest BCUT2D eigenvalue weighted by atomic mass is 15.1. The zero-order valence-corrected chi connectivity index (χ0v) is 15.9. The Morgan fingerprint density at radius 1 is 0.633 bits per heavy atom. The summed E-state index contributed by atoms with van der Waals surface area (Å²) in [7, 11) is 0. The van der Waals surface area contributed by atoms with E-state index in [-0.39, 0.29) is 0 Å². The molecule has 0 aliphatic rings. The summed E-state index contributed by atoms with van der Waals surface area (Å²) in [6, 6.07) is 30.2. The van der Waals surface area contributed by atoms with Gasteiger partial charge < -0.3 is 10.6 Å². The minimum atomic E-state index is 0.405. The number of nitrogens with one attached hydrogen (secondary N) is 2. The van der Waals surface area contributed by atoms with E-state index in [1.807, 2.05) is 54.6 Å². The molecule has 0 saturated heterocycles. The van der Waals surface area contributed by atoms with Crippen molar-refractivity contribution in [1.29, 1.82) is 10.5 Å². The highest BCUT2D eigenvalue weighted by Gasteiger charge is 2.08.